The Hall–Kier alpha value is -3.03. The molecule has 2 aromatic rings. The van der Waals surface area contributed by atoms with Crippen LogP contribution in [-0.2, 0) is 6.18 Å². The maximum Gasteiger partial charge on any atom is 0.416 e. The first-order chi connectivity index (χ1) is 15.3. The molecule has 2 aliphatic heterocycles. The number of benzene rings is 2. The number of nitrogens with zero attached hydrogens (tertiary/aromatic N) is 2. The van der Waals surface area contributed by atoms with Gasteiger partial charge in [-0.25, -0.2) is 0 Å². The summed E-state index contributed by atoms with van der Waals surface area (Å²) in [6.07, 6.45) is 0.641. The van der Waals surface area contributed by atoms with Gasteiger partial charge in [-0.05, 0) is 68.5 Å². The van der Waals surface area contributed by atoms with Crippen LogP contribution in [0.3, 0.4) is 0 Å². The smallest absolute Gasteiger partial charge is 0.371 e. The van der Waals surface area contributed by atoms with Crippen LogP contribution in [0.2, 0.25) is 0 Å². The molecule has 2 aliphatic rings. The number of alkyl halides is 3. The third-order valence-electron chi connectivity index (χ3n) is 6.03. The molecule has 1 N–H and O–H groups in total. The van der Waals surface area contributed by atoms with Crippen LogP contribution < -0.4 is 10.2 Å². The highest BCUT2D eigenvalue weighted by molar-refractivity contribution is 6.06. The molecule has 0 spiro atoms. The van der Waals surface area contributed by atoms with Gasteiger partial charge in [0.05, 0.1) is 11.1 Å². The van der Waals surface area contributed by atoms with E-state index in [9.17, 15) is 22.8 Å². The fourth-order valence-electron chi connectivity index (χ4n) is 4.33. The number of hydrogen-bond donors (Lipinski definition) is 1. The second-order valence-corrected chi connectivity index (χ2v) is 8.31. The van der Waals surface area contributed by atoms with Gasteiger partial charge >= 0.3 is 6.18 Å². The maximum atomic E-state index is 13.3. The lowest BCUT2D eigenvalue weighted by molar-refractivity contribution is -0.137. The Morgan fingerprint density at radius 3 is 2.22 bits per heavy atom. The lowest BCUT2D eigenvalue weighted by Gasteiger charge is -2.29. The Labute approximate surface area is 185 Å². The van der Waals surface area contributed by atoms with Crippen molar-refractivity contribution in [2.75, 3.05) is 36.4 Å². The topological polar surface area (TPSA) is 52.7 Å². The molecule has 4 rings (SSSR count). The van der Waals surface area contributed by atoms with E-state index in [0.29, 0.717) is 24.3 Å². The van der Waals surface area contributed by atoms with Crippen molar-refractivity contribution in [3.63, 3.8) is 0 Å². The lowest BCUT2D eigenvalue weighted by Crippen LogP contribution is -2.36. The summed E-state index contributed by atoms with van der Waals surface area (Å²) in [5.41, 5.74) is 0.782. The van der Waals surface area contributed by atoms with Crippen molar-refractivity contribution in [2.45, 2.75) is 38.3 Å². The van der Waals surface area contributed by atoms with E-state index in [0.717, 1.165) is 63.0 Å². The predicted octanol–water partition coefficient (Wildman–Crippen LogP) is 5.18. The summed E-state index contributed by atoms with van der Waals surface area (Å²) in [6, 6.07) is 9.47. The first-order valence-electron chi connectivity index (χ1n) is 11.0. The molecule has 0 atom stereocenters. The fourth-order valence-corrected chi connectivity index (χ4v) is 4.33. The van der Waals surface area contributed by atoms with Crippen molar-refractivity contribution in [1.82, 2.24) is 4.90 Å². The molecule has 0 bridgehead atoms. The zero-order valence-electron chi connectivity index (χ0n) is 17.8. The van der Waals surface area contributed by atoms with Gasteiger partial charge in [0, 0.05) is 43.1 Å². The SMILES string of the molecule is O=C(Nc1ccc(N2CCCC2)c(C(=O)N2CCCCC2)c1)c1cccc(C(F)(F)F)c1. The summed E-state index contributed by atoms with van der Waals surface area (Å²) in [5, 5.41) is 2.66. The molecule has 8 heteroatoms. The molecule has 5 nitrogen and oxygen atoms in total. The second-order valence-electron chi connectivity index (χ2n) is 8.31. The summed E-state index contributed by atoms with van der Waals surface area (Å²) in [7, 11) is 0. The van der Waals surface area contributed by atoms with Crippen molar-refractivity contribution in [1.29, 1.82) is 0 Å². The van der Waals surface area contributed by atoms with Crippen LogP contribution in [0, 0.1) is 0 Å². The van der Waals surface area contributed by atoms with Crippen molar-refractivity contribution in [2.24, 2.45) is 0 Å². The number of piperidine rings is 1. The third-order valence-corrected chi connectivity index (χ3v) is 6.03. The van der Waals surface area contributed by atoms with E-state index in [2.05, 4.69) is 10.2 Å². The minimum atomic E-state index is -4.53. The molecule has 2 amide bonds. The summed E-state index contributed by atoms with van der Waals surface area (Å²) < 4.78 is 39.0. The highest BCUT2D eigenvalue weighted by Crippen LogP contribution is 2.31. The van der Waals surface area contributed by atoms with Gasteiger partial charge in [0.1, 0.15) is 0 Å². The highest BCUT2D eigenvalue weighted by Gasteiger charge is 2.31. The quantitative estimate of drug-likeness (QED) is 0.705. The molecule has 32 heavy (non-hydrogen) atoms. The average Bonchev–Trinajstić information content (AvgIpc) is 3.33. The molecular weight excluding hydrogens is 419 g/mol. The molecule has 0 radical (unpaired) electrons. The average molecular weight is 445 g/mol. The number of anilines is 2. The number of rotatable bonds is 4. The number of hydrogen-bond acceptors (Lipinski definition) is 3. The first-order valence-corrected chi connectivity index (χ1v) is 11.0. The van der Waals surface area contributed by atoms with Gasteiger partial charge in [-0.15, -0.1) is 0 Å². The maximum absolute atomic E-state index is 13.3. The molecule has 0 saturated carbocycles. The minimum Gasteiger partial charge on any atom is -0.371 e. The lowest BCUT2D eigenvalue weighted by atomic mass is 10.1. The highest BCUT2D eigenvalue weighted by atomic mass is 19.4. The van der Waals surface area contributed by atoms with Crippen LogP contribution in [0.25, 0.3) is 0 Å². The number of amides is 2. The normalized spacial score (nSPS) is 16.8. The van der Waals surface area contributed by atoms with Crippen LogP contribution in [0.1, 0.15) is 58.4 Å². The Bertz CT molecular complexity index is 994. The minimum absolute atomic E-state index is 0.0678. The number of nitrogens with one attached hydrogen (secondary N) is 1. The second kappa shape index (κ2) is 9.22. The largest absolute Gasteiger partial charge is 0.416 e. The molecule has 2 heterocycles. The number of carbonyl (C=O) groups is 2. The van der Waals surface area contributed by atoms with Crippen molar-refractivity contribution in [3.05, 3.63) is 59.2 Å². The molecule has 2 saturated heterocycles. The molecule has 0 aliphatic carbocycles. The monoisotopic (exact) mass is 445 g/mol. The van der Waals surface area contributed by atoms with E-state index in [1.807, 2.05) is 11.0 Å². The Kier molecular flexibility index (Phi) is 6.39. The molecule has 2 aromatic carbocycles. The molecular formula is C24H26F3N3O2. The van der Waals surface area contributed by atoms with E-state index in [-0.39, 0.29) is 11.5 Å². The Morgan fingerprint density at radius 2 is 1.53 bits per heavy atom. The van der Waals surface area contributed by atoms with Gasteiger partial charge in [0.15, 0.2) is 0 Å². The van der Waals surface area contributed by atoms with Crippen LogP contribution in [-0.4, -0.2) is 42.9 Å². The van der Waals surface area contributed by atoms with Crippen LogP contribution in [0.5, 0.6) is 0 Å². The first kappa shape index (κ1) is 22.2. The van der Waals surface area contributed by atoms with Gasteiger partial charge < -0.3 is 15.1 Å². The number of carbonyl (C=O) groups excluding carboxylic acids is 2. The van der Waals surface area contributed by atoms with E-state index in [1.165, 1.54) is 12.1 Å². The van der Waals surface area contributed by atoms with E-state index in [4.69, 9.17) is 0 Å². The van der Waals surface area contributed by atoms with Gasteiger partial charge in [0.2, 0.25) is 0 Å². The standard InChI is InChI=1S/C24H26F3N3O2/c25-24(26,27)18-8-6-7-17(15-18)22(31)28-19-9-10-21(29-11-4-5-12-29)20(16-19)23(32)30-13-2-1-3-14-30/h6-10,15-16H,1-5,11-14H2,(H,28,31). The molecule has 0 aromatic heterocycles. The van der Waals surface area contributed by atoms with Gasteiger partial charge in [-0.2, -0.15) is 13.2 Å². The molecule has 2 fully saturated rings. The summed E-state index contributed by atoms with van der Waals surface area (Å²) in [5.74, 6) is -0.719. The Morgan fingerprint density at radius 1 is 0.844 bits per heavy atom. The van der Waals surface area contributed by atoms with Crippen LogP contribution in [0.4, 0.5) is 24.5 Å². The molecule has 170 valence electrons. The van der Waals surface area contributed by atoms with E-state index in [1.54, 1.807) is 12.1 Å². The summed E-state index contributed by atoms with van der Waals surface area (Å²) in [4.78, 5) is 30.0. The van der Waals surface area contributed by atoms with Crippen LogP contribution in [0.15, 0.2) is 42.5 Å². The molecule has 0 unspecified atom stereocenters. The zero-order valence-corrected chi connectivity index (χ0v) is 17.8. The van der Waals surface area contributed by atoms with Gasteiger partial charge in [0.25, 0.3) is 11.8 Å². The van der Waals surface area contributed by atoms with Crippen LogP contribution >= 0.6 is 0 Å². The van der Waals surface area contributed by atoms with Gasteiger partial charge in [-0.1, -0.05) is 6.07 Å². The summed E-state index contributed by atoms with van der Waals surface area (Å²) in [6.45, 7) is 3.16. The summed E-state index contributed by atoms with van der Waals surface area (Å²) >= 11 is 0. The number of halogens is 3. The predicted molar refractivity (Wildman–Crippen MR) is 117 cm³/mol. The van der Waals surface area contributed by atoms with Crippen molar-refractivity contribution in [3.8, 4) is 0 Å². The van der Waals surface area contributed by atoms with E-state index < -0.39 is 17.6 Å². The third kappa shape index (κ3) is 4.89. The fraction of sp³-hybridized carbons (Fsp3) is 0.417. The van der Waals surface area contributed by atoms with E-state index >= 15 is 0 Å². The van der Waals surface area contributed by atoms with Crippen molar-refractivity contribution < 1.29 is 22.8 Å². The number of likely N-dealkylation sites (tertiary alicyclic amines) is 1. The van der Waals surface area contributed by atoms with Crippen molar-refractivity contribution >= 4 is 23.2 Å². The van der Waals surface area contributed by atoms with Gasteiger partial charge in [-0.3, -0.25) is 9.59 Å². The zero-order chi connectivity index (χ0) is 22.7. The Balaban J connectivity index is 1.60.